The normalized spacial score (nSPS) is 17.2. The van der Waals surface area contributed by atoms with Gasteiger partial charge in [-0.2, -0.15) is 13.2 Å². The van der Waals surface area contributed by atoms with Gasteiger partial charge in [0.05, 0.1) is 13.0 Å². The first-order chi connectivity index (χ1) is 5.23. The fourth-order valence-corrected chi connectivity index (χ4v) is 0.640. The molecule has 0 aromatic rings. The van der Waals surface area contributed by atoms with E-state index < -0.39 is 30.7 Å². The molecule has 0 aromatic heterocycles. The first-order valence-electron chi connectivity index (χ1n) is 3.09. The Labute approximate surface area is 66.2 Å². The number of carbonyl (C=O) groups excluding carboxylic acids is 1. The Morgan fingerprint density at radius 2 is 1.75 bits per heavy atom. The lowest BCUT2D eigenvalue weighted by Crippen LogP contribution is -2.45. The largest absolute Gasteiger partial charge is 0.425 e. The van der Waals surface area contributed by atoms with Crippen LogP contribution < -0.4 is 0 Å². The number of Topliss-reactive ketones (excluding diaryl/α,β-unsaturated/α-hetero) is 1. The van der Waals surface area contributed by atoms with Gasteiger partial charge in [-0.15, -0.1) is 0 Å². The lowest BCUT2D eigenvalue weighted by molar-refractivity contribution is -0.241. The summed E-state index contributed by atoms with van der Waals surface area (Å²) in [7, 11) is 0. The molecule has 0 spiro atoms. The molecule has 0 fully saturated rings. The lowest BCUT2D eigenvalue weighted by Gasteiger charge is -2.24. The average molecular weight is 188 g/mol. The van der Waals surface area contributed by atoms with Crippen LogP contribution >= 0.6 is 0 Å². The van der Waals surface area contributed by atoms with E-state index in [0.717, 1.165) is 6.92 Å². The monoisotopic (exact) mass is 188 g/mol. The highest BCUT2D eigenvalue weighted by Gasteiger charge is 2.56. The minimum atomic E-state index is -5.20. The molecule has 1 atom stereocenters. The van der Waals surface area contributed by atoms with E-state index in [4.69, 9.17) is 5.11 Å². The van der Waals surface area contributed by atoms with Gasteiger partial charge in [0.2, 0.25) is 5.67 Å². The van der Waals surface area contributed by atoms with Crippen molar-refractivity contribution in [3.8, 4) is 0 Å². The predicted octanol–water partition coefficient (Wildman–Crippen LogP) is 1.23. The van der Waals surface area contributed by atoms with Crippen LogP contribution in [0.25, 0.3) is 0 Å². The van der Waals surface area contributed by atoms with Crippen molar-refractivity contribution in [2.75, 3.05) is 6.61 Å². The first kappa shape index (κ1) is 11.4. The van der Waals surface area contributed by atoms with Crippen LogP contribution in [-0.2, 0) is 4.79 Å². The minimum Gasteiger partial charge on any atom is -0.393 e. The molecule has 0 aliphatic carbocycles. The van der Waals surface area contributed by atoms with Crippen LogP contribution in [0.3, 0.4) is 0 Å². The van der Waals surface area contributed by atoms with Crippen LogP contribution in [0.15, 0.2) is 0 Å². The second kappa shape index (κ2) is 3.38. The smallest absolute Gasteiger partial charge is 0.393 e. The second-order valence-electron chi connectivity index (χ2n) is 2.50. The summed E-state index contributed by atoms with van der Waals surface area (Å²) in [5, 5.41) is 8.12. The number of halogens is 4. The van der Waals surface area contributed by atoms with Crippen LogP contribution in [0.1, 0.15) is 13.3 Å². The number of rotatable bonds is 3. The van der Waals surface area contributed by atoms with Gasteiger partial charge in [0.25, 0.3) is 0 Å². The maximum absolute atomic E-state index is 12.7. The summed E-state index contributed by atoms with van der Waals surface area (Å²) < 4.78 is 48.0. The maximum Gasteiger partial charge on any atom is 0.425 e. The third-order valence-electron chi connectivity index (χ3n) is 1.29. The maximum atomic E-state index is 12.7. The van der Waals surface area contributed by atoms with Gasteiger partial charge in [-0.05, 0) is 6.92 Å². The van der Waals surface area contributed by atoms with Crippen LogP contribution in [0.2, 0.25) is 0 Å². The van der Waals surface area contributed by atoms with Crippen LogP contribution in [0.4, 0.5) is 17.6 Å². The summed E-state index contributed by atoms with van der Waals surface area (Å²) in [5.74, 6) is -0.955. The second-order valence-corrected chi connectivity index (χ2v) is 2.50. The molecule has 12 heavy (non-hydrogen) atoms. The highest BCUT2D eigenvalue weighted by Crippen LogP contribution is 2.36. The van der Waals surface area contributed by atoms with E-state index in [2.05, 4.69) is 0 Å². The van der Waals surface area contributed by atoms with Crippen molar-refractivity contribution in [2.24, 2.45) is 0 Å². The number of carbonyl (C=O) groups is 1. The van der Waals surface area contributed by atoms with Gasteiger partial charge in [-0.25, -0.2) is 4.39 Å². The summed E-state index contributed by atoms with van der Waals surface area (Å²) in [4.78, 5) is 10.2. The van der Waals surface area contributed by atoms with Gasteiger partial charge in [0.15, 0.2) is 0 Å². The van der Waals surface area contributed by atoms with Gasteiger partial charge in [0, 0.05) is 0 Å². The molecule has 0 bridgehead atoms. The summed E-state index contributed by atoms with van der Waals surface area (Å²) in [5.41, 5.74) is -3.79. The number of hydrogen-bond donors (Lipinski definition) is 1. The Hall–Kier alpha value is -0.650. The first-order valence-corrected chi connectivity index (χ1v) is 3.09. The molecule has 72 valence electrons. The van der Waals surface area contributed by atoms with Crippen molar-refractivity contribution in [2.45, 2.75) is 25.2 Å². The SMILES string of the molecule is CC(=O)CC(F)(CO)C(F)(F)F. The van der Waals surface area contributed by atoms with Crippen molar-refractivity contribution >= 4 is 5.78 Å². The molecule has 0 aliphatic rings. The van der Waals surface area contributed by atoms with Crippen molar-refractivity contribution in [1.29, 1.82) is 0 Å². The van der Waals surface area contributed by atoms with E-state index in [-0.39, 0.29) is 0 Å². The van der Waals surface area contributed by atoms with E-state index in [9.17, 15) is 22.4 Å². The molecule has 2 nitrogen and oxygen atoms in total. The molecule has 6 heteroatoms. The summed E-state index contributed by atoms with van der Waals surface area (Å²) in [6.45, 7) is -0.897. The lowest BCUT2D eigenvalue weighted by atomic mass is 10.0. The van der Waals surface area contributed by atoms with Gasteiger partial charge >= 0.3 is 6.18 Å². The molecule has 0 rings (SSSR count). The standard InChI is InChI=1S/C6H8F4O2/c1-4(12)2-5(7,3-11)6(8,9)10/h11H,2-3H2,1H3. The van der Waals surface area contributed by atoms with Crippen LogP contribution in [-0.4, -0.2) is 29.3 Å². The van der Waals surface area contributed by atoms with Crippen LogP contribution in [0, 0.1) is 0 Å². The fourth-order valence-electron chi connectivity index (χ4n) is 0.640. The highest BCUT2D eigenvalue weighted by atomic mass is 19.4. The highest BCUT2D eigenvalue weighted by molar-refractivity contribution is 5.76. The van der Waals surface area contributed by atoms with Crippen molar-refractivity contribution in [3.05, 3.63) is 0 Å². The zero-order valence-electron chi connectivity index (χ0n) is 6.28. The topological polar surface area (TPSA) is 37.3 Å². The molecular formula is C6H8F4O2. The number of aliphatic hydroxyl groups is 1. The molecule has 1 N–H and O–H groups in total. The molecule has 0 aliphatic heterocycles. The molecule has 0 amide bonds. The van der Waals surface area contributed by atoms with Gasteiger partial charge in [-0.3, -0.25) is 4.79 Å². The third kappa shape index (κ3) is 2.44. The van der Waals surface area contributed by atoms with Gasteiger partial charge in [0.1, 0.15) is 5.78 Å². The Morgan fingerprint density at radius 3 is 1.83 bits per heavy atom. The molecule has 0 aromatic carbocycles. The van der Waals surface area contributed by atoms with E-state index in [1.165, 1.54) is 0 Å². The molecule has 1 unspecified atom stereocenters. The minimum absolute atomic E-state index is 0.829. The average Bonchev–Trinajstić information content (AvgIpc) is 1.83. The molecular weight excluding hydrogens is 180 g/mol. The predicted molar refractivity (Wildman–Crippen MR) is 32.3 cm³/mol. The number of ketones is 1. The van der Waals surface area contributed by atoms with E-state index in [1.54, 1.807) is 0 Å². The third-order valence-corrected chi connectivity index (χ3v) is 1.29. The number of aliphatic hydroxyl groups excluding tert-OH is 1. The van der Waals surface area contributed by atoms with Crippen molar-refractivity contribution in [3.63, 3.8) is 0 Å². The number of alkyl halides is 4. The molecule has 0 radical (unpaired) electrons. The van der Waals surface area contributed by atoms with Gasteiger partial charge in [-0.1, -0.05) is 0 Å². The van der Waals surface area contributed by atoms with E-state index >= 15 is 0 Å². The van der Waals surface area contributed by atoms with E-state index in [1.807, 2.05) is 0 Å². The Bertz CT molecular complexity index is 177. The van der Waals surface area contributed by atoms with Gasteiger partial charge < -0.3 is 5.11 Å². The summed E-state index contributed by atoms with van der Waals surface area (Å²) in [6.07, 6.45) is -6.54. The fraction of sp³-hybridized carbons (Fsp3) is 0.833. The molecule has 0 saturated carbocycles. The van der Waals surface area contributed by atoms with Crippen molar-refractivity contribution < 1.29 is 27.5 Å². The molecule has 0 saturated heterocycles. The number of hydrogen-bond acceptors (Lipinski definition) is 2. The quantitative estimate of drug-likeness (QED) is 0.676. The summed E-state index contributed by atoms with van der Waals surface area (Å²) >= 11 is 0. The Kier molecular flexibility index (Phi) is 3.20. The van der Waals surface area contributed by atoms with E-state index in [0.29, 0.717) is 0 Å². The zero-order chi connectivity index (χ0) is 9.99. The zero-order valence-corrected chi connectivity index (χ0v) is 6.28. The van der Waals surface area contributed by atoms with Crippen molar-refractivity contribution in [1.82, 2.24) is 0 Å². The Balaban J connectivity index is 4.56. The van der Waals surface area contributed by atoms with Crippen LogP contribution in [0.5, 0.6) is 0 Å². The Morgan fingerprint density at radius 1 is 1.33 bits per heavy atom. The molecule has 0 heterocycles. The summed E-state index contributed by atoms with van der Waals surface area (Å²) in [6, 6.07) is 0.